The molecule has 4 rings (SSSR count). The van der Waals surface area contributed by atoms with E-state index in [0.717, 1.165) is 36.1 Å². The van der Waals surface area contributed by atoms with Crippen molar-refractivity contribution in [2.24, 2.45) is 0 Å². The molecule has 1 aromatic carbocycles. The summed E-state index contributed by atoms with van der Waals surface area (Å²) in [5.41, 5.74) is 0.880. The molecule has 1 aliphatic heterocycles. The summed E-state index contributed by atoms with van der Waals surface area (Å²) < 4.78 is 1.53. The van der Waals surface area contributed by atoms with E-state index in [9.17, 15) is 4.79 Å². The lowest BCUT2D eigenvalue weighted by atomic mass is 10.2. The zero-order valence-electron chi connectivity index (χ0n) is 12.7. The summed E-state index contributed by atoms with van der Waals surface area (Å²) in [6.45, 7) is 1.52. The molecule has 6 heteroatoms. The van der Waals surface area contributed by atoms with E-state index >= 15 is 0 Å². The number of rotatable bonds is 3. The standard InChI is InChI=1S/C17H17N5O/c23-16-8-3-9-20-22(16)11-13-5-4-10-21(13)17-14-6-1-2-7-15(14)18-12-19-17/h1-3,6-9,12-13H,4-5,10-11H2. The van der Waals surface area contributed by atoms with Gasteiger partial charge < -0.3 is 4.90 Å². The zero-order chi connectivity index (χ0) is 15.6. The first kappa shape index (κ1) is 13.9. The van der Waals surface area contributed by atoms with Crippen molar-refractivity contribution >= 4 is 16.7 Å². The highest BCUT2D eigenvalue weighted by atomic mass is 16.1. The lowest BCUT2D eigenvalue weighted by Crippen LogP contribution is -2.37. The fourth-order valence-electron chi connectivity index (χ4n) is 3.25. The second-order valence-corrected chi connectivity index (χ2v) is 5.75. The maximum atomic E-state index is 11.9. The van der Waals surface area contributed by atoms with Gasteiger partial charge in [-0.25, -0.2) is 14.6 Å². The van der Waals surface area contributed by atoms with Crippen molar-refractivity contribution in [2.75, 3.05) is 11.4 Å². The summed E-state index contributed by atoms with van der Waals surface area (Å²) in [7, 11) is 0. The molecule has 1 saturated heterocycles. The Bertz CT molecular complexity index is 886. The van der Waals surface area contributed by atoms with E-state index in [0.29, 0.717) is 6.54 Å². The molecule has 0 N–H and O–H groups in total. The Kier molecular flexibility index (Phi) is 3.49. The van der Waals surface area contributed by atoms with Crippen molar-refractivity contribution < 1.29 is 0 Å². The van der Waals surface area contributed by atoms with Crippen LogP contribution in [0.15, 0.2) is 53.7 Å². The van der Waals surface area contributed by atoms with Gasteiger partial charge in [-0.15, -0.1) is 0 Å². The van der Waals surface area contributed by atoms with Gasteiger partial charge in [0, 0.05) is 24.2 Å². The van der Waals surface area contributed by atoms with Crippen LogP contribution in [-0.4, -0.2) is 32.3 Å². The van der Waals surface area contributed by atoms with E-state index in [2.05, 4.69) is 20.0 Å². The van der Waals surface area contributed by atoms with Crippen molar-refractivity contribution in [3.05, 3.63) is 59.3 Å². The number of hydrogen-bond donors (Lipinski definition) is 0. The van der Waals surface area contributed by atoms with Crippen LogP contribution in [0.1, 0.15) is 12.8 Å². The normalized spacial score (nSPS) is 17.7. The fraction of sp³-hybridized carbons (Fsp3) is 0.294. The van der Waals surface area contributed by atoms with Crippen LogP contribution in [0.25, 0.3) is 10.9 Å². The Balaban J connectivity index is 1.70. The lowest BCUT2D eigenvalue weighted by molar-refractivity contribution is 0.487. The molecule has 0 aliphatic carbocycles. The molecule has 0 amide bonds. The summed E-state index contributed by atoms with van der Waals surface area (Å²) in [5.74, 6) is 0.946. The molecule has 1 unspecified atom stereocenters. The smallest absolute Gasteiger partial charge is 0.266 e. The van der Waals surface area contributed by atoms with Gasteiger partial charge in [0.2, 0.25) is 0 Å². The van der Waals surface area contributed by atoms with Gasteiger partial charge in [0.25, 0.3) is 5.56 Å². The quantitative estimate of drug-likeness (QED) is 0.739. The average molecular weight is 307 g/mol. The van der Waals surface area contributed by atoms with Crippen LogP contribution in [0.4, 0.5) is 5.82 Å². The minimum absolute atomic E-state index is 0.0631. The highest BCUT2D eigenvalue weighted by Crippen LogP contribution is 2.29. The number of nitrogens with zero attached hydrogens (tertiary/aromatic N) is 5. The predicted octanol–water partition coefficient (Wildman–Crippen LogP) is 1.86. The maximum absolute atomic E-state index is 11.9. The number of fused-ring (bicyclic) bond motifs is 1. The Morgan fingerprint density at radius 1 is 1.13 bits per heavy atom. The molecule has 1 aliphatic rings. The number of aromatic nitrogens is 4. The molecule has 2 aromatic heterocycles. The predicted molar refractivity (Wildman–Crippen MR) is 88.4 cm³/mol. The van der Waals surface area contributed by atoms with Crippen LogP contribution < -0.4 is 10.5 Å². The van der Waals surface area contributed by atoms with Crippen LogP contribution in [0.5, 0.6) is 0 Å². The van der Waals surface area contributed by atoms with E-state index in [4.69, 9.17) is 0 Å². The molecule has 3 heterocycles. The molecule has 1 atom stereocenters. The summed E-state index contributed by atoms with van der Waals surface area (Å²) >= 11 is 0. The molecular weight excluding hydrogens is 290 g/mol. The van der Waals surface area contributed by atoms with Crippen molar-refractivity contribution in [3.63, 3.8) is 0 Å². The minimum Gasteiger partial charge on any atom is -0.351 e. The van der Waals surface area contributed by atoms with Gasteiger partial charge in [0.15, 0.2) is 0 Å². The first-order valence-corrected chi connectivity index (χ1v) is 7.81. The summed E-state index contributed by atoms with van der Waals surface area (Å²) in [5, 5.41) is 5.23. The van der Waals surface area contributed by atoms with E-state index in [1.165, 1.54) is 4.68 Å². The fourth-order valence-corrected chi connectivity index (χ4v) is 3.25. The molecular formula is C17H17N5O. The second-order valence-electron chi connectivity index (χ2n) is 5.75. The minimum atomic E-state index is -0.0631. The molecule has 0 bridgehead atoms. The summed E-state index contributed by atoms with van der Waals surface area (Å²) in [4.78, 5) is 23.0. The average Bonchev–Trinajstić information content (AvgIpc) is 3.04. The van der Waals surface area contributed by atoms with Crippen LogP contribution in [-0.2, 0) is 6.54 Å². The topological polar surface area (TPSA) is 63.9 Å². The van der Waals surface area contributed by atoms with Crippen molar-refractivity contribution in [1.82, 2.24) is 19.7 Å². The second kappa shape index (κ2) is 5.79. The van der Waals surface area contributed by atoms with Gasteiger partial charge in [0.1, 0.15) is 12.1 Å². The van der Waals surface area contributed by atoms with Gasteiger partial charge >= 0.3 is 0 Å². The van der Waals surface area contributed by atoms with Crippen LogP contribution in [0.3, 0.4) is 0 Å². The van der Waals surface area contributed by atoms with Gasteiger partial charge in [-0.1, -0.05) is 12.1 Å². The molecule has 0 saturated carbocycles. The van der Waals surface area contributed by atoms with Crippen molar-refractivity contribution in [1.29, 1.82) is 0 Å². The monoisotopic (exact) mass is 307 g/mol. The Morgan fingerprint density at radius 2 is 2.04 bits per heavy atom. The SMILES string of the molecule is O=c1cccnn1CC1CCCN1c1ncnc2ccccc12. The largest absolute Gasteiger partial charge is 0.351 e. The number of benzene rings is 1. The molecule has 1 fully saturated rings. The van der Waals surface area contributed by atoms with E-state index in [1.807, 2.05) is 24.3 Å². The molecule has 6 nitrogen and oxygen atoms in total. The maximum Gasteiger partial charge on any atom is 0.266 e. The van der Waals surface area contributed by atoms with Crippen LogP contribution >= 0.6 is 0 Å². The molecule has 0 spiro atoms. The van der Waals surface area contributed by atoms with Gasteiger partial charge in [0.05, 0.1) is 18.1 Å². The van der Waals surface area contributed by atoms with Gasteiger partial charge in [-0.2, -0.15) is 5.10 Å². The first-order valence-electron chi connectivity index (χ1n) is 7.81. The highest BCUT2D eigenvalue weighted by Gasteiger charge is 2.27. The van der Waals surface area contributed by atoms with Crippen LogP contribution in [0.2, 0.25) is 0 Å². The Labute approximate surface area is 133 Å². The van der Waals surface area contributed by atoms with Gasteiger partial charge in [-0.3, -0.25) is 4.79 Å². The van der Waals surface area contributed by atoms with Gasteiger partial charge in [-0.05, 0) is 31.0 Å². The highest BCUT2D eigenvalue weighted by molar-refractivity contribution is 5.89. The van der Waals surface area contributed by atoms with Crippen molar-refractivity contribution in [3.8, 4) is 0 Å². The first-order chi connectivity index (χ1) is 11.3. The third kappa shape index (κ3) is 2.56. The third-order valence-corrected chi connectivity index (χ3v) is 4.34. The van der Waals surface area contributed by atoms with Crippen LogP contribution in [0, 0.1) is 0 Å². The molecule has 0 radical (unpaired) electrons. The van der Waals surface area contributed by atoms with E-state index < -0.39 is 0 Å². The molecule has 3 aromatic rings. The molecule has 23 heavy (non-hydrogen) atoms. The summed E-state index contributed by atoms with van der Waals surface area (Å²) in [6.07, 6.45) is 5.38. The third-order valence-electron chi connectivity index (χ3n) is 4.34. The summed E-state index contributed by atoms with van der Waals surface area (Å²) in [6, 6.07) is 11.5. The Hall–Kier alpha value is -2.76. The van der Waals surface area contributed by atoms with E-state index in [1.54, 1.807) is 24.7 Å². The number of hydrogen-bond acceptors (Lipinski definition) is 5. The Morgan fingerprint density at radius 3 is 2.96 bits per heavy atom. The zero-order valence-corrected chi connectivity index (χ0v) is 12.7. The number of para-hydroxylation sites is 1. The molecule has 116 valence electrons. The lowest BCUT2D eigenvalue weighted by Gasteiger charge is -2.26. The van der Waals surface area contributed by atoms with Crippen molar-refractivity contribution in [2.45, 2.75) is 25.4 Å². The van der Waals surface area contributed by atoms with E-state index in [-0.39, 0.29) is 11.6 Å². The number of anilines is 1.